The van der Waals surface area contributed by atoms with Crippen molar-refractivity contribution in [3.63, 3.8) is 0 Å². The second kappa shape index (κ2) is 8.64. The van der Waals surface area contributed by atoms with Gasteiger partial charge in [-0.25, -0.2) is 14.8 Å². The first-order chi connectivity index (χ1) is 15.3. The molecule has 1 aliphatic rings. The zero-order valence-electron chi connectivity index (χ0n) is 17.8. The maximum absolute atomic E-state index is 13.0. The summed E-state index contributed by atoms with van der Waals surface area (Å²) >= 11 is 0. The minimum absolute atomic E-state index is 0.0428. The van der Waals surface area contributed by atoms with Crippen LogP contribution in [0.4, 0.5) is 8.78 Å². The number of carbonyl (C=O) groups is 1. The zero-order valence-corrected chi connectivity index (χ0v) is 17.8. The van der Waals surface area contributed by atoms with E-state index in [0.29, 0.717) is 12.2 Å². The molecule has 3 heterocycles. The molecule has 0 aliphatic heterocycles. The van der Waals surface area contributed by atoms with Gasteiger partial charge in [-0.15, -0.1) is 0 Å². The monoisotopic (exact) mass is 446 g/mol. The molecule has 0 spiro atoms. The van der Waals surface area contributed by atoms with Gasteiger partial charge in [0, 0.05) is 43.5 Å². The number of amides is 1. The number of pyridine rings is 1. The van der Waals surface area contributed by atoms with Crippen LogP contribution in [0.3, 0.4) is 0 Å². The van der Waals surface area contributed by atoms with Gasteiger partial charge < -0.3 is 5.32 Å². The number of fused-ring (bicyclic) bond motifs is 1. The summed E-state index contributed by atoms with van der Waals surface area (Å²) < 4.78 is 28.1. The Labute approximate surface area is 181 Å². The van der Waals surface area contributed by atoms with Crippen molar-refractivity contribution < 1.29 is 13.6 Å². The fraction of sp³-hybridized carbons (Fsp3) is 0.476. The van der Waals surface area contributed by atoms with E-state index in [9.17, 15) is 23.2 Å². The van der Waals surface area contributed by atoms with Gasteiger partial charge in [-0.05, 0) is 24.8 Å². The molecule has 0 radical (unpaired) electrons. The van der Waals surface area contributed by atoms with Crippen LogP contribution in [-0.2, 0) is 13.0 Å². The van der Waals surface area contributed by atoms with Crippen LogP contribution in [-0.4, -0.2) is 36.5 Å². The van der Waals surface area contributed by atoms with E-state index in [1.54, 1.807) is 6.07 Å². The van der Waals surface area contributed by atoms with E-state index in [-0.39, 0.29) is 47.2 Å². The standard InChI is InChI=1S/C21H24F2N6O3/c1-11(2)10-29-17-16(19(31)27-21(29)32)13(9-14(26-17)12-3-4-12)18(30)25-6-5-15-24-7-8-28(15)20(22)23/h7-9,11-12,20H,3-6,10H2,1-2H3,(H,25,30)(H,27,31,32). The smallest absolute Gasteiger partial charge is 0.330 e. The van der Waals surface area contributed by atoms with Gasteiger partial charge in [0.15, 0.2) is 5.65 Å². The highest BCUT2D eigenvalue weighted by atomic mass is 19.3. The number of nitrogens with zero attached hydrogens (tertiary/aromatic N) is 4. The van der Waals surface area contributed by atoms with Crippen LogP contribution in [0.15, 0.2) is 28.0 Å². The highest BCUT2D eigenvalue weighted by molar-refractivity contribution is 6.05. The Morgan fingerprint density at radius 2 is 2.06 bits per heavy atom. The molecule has 2 N–H and O–H groups in total. The first kappa shape index (κ1) is 21.8. The molecule has 0 saturated heterocycles. The maximum Gasteiger partial charge on any atom is 0.330 e. The Bertz CT molecular complexity index is 1270. The number of nitrogens with one attached hydrogen (secondary N) is 2. The number of H-pyrrole nitrogens is 1. The van der Waals surface area contributed by atoms with Gasteiger partial charge in [0.05, 0.1) is 10.9 Å². The third kappa shape index (κ3) is 4.32. The molecule has 1 amide bonds. The molecular formula is C21H24F2N6O3. The highest BCUT2D eigenvalue weighted by Gasteiger charge is 2.29. The Morgan fingerprint density at radius 1 is 1.31 bits per heavy atom. The van der Waals surface area contributed by atoms with Gasteiger partial charge in [-0.1, -0.05) is 13.8 Å². The van der Waals surface area contributed by atoms with Crippen molar-refractivity contribution in [2.45, 2.75) is 52.1 Å². The van der Waals surface area contributed by atoms with E-state index in [0.717, 1.165) is 17.4 Å². The lowest BCUT2D eigenvalue weighted by Gasteiger charge is -2.15. The molecule has 3 aromatic rings. The summed E-state index contributed by atoms with van der Waals surface area (Å²) in [5.74, 6) is -0.0905. The molecule has 4 rings (SSSR count). The molecular weight excluding hydrogens is 422 g/mol. The Morgan fingerprint density at radius 3 is 2.72 bits per heavy atom. The number of alkyl halides is 2. The van der Waals surface area contributed by atoms with Crippen LogP contribution < -0.4 is 16.6 Å². The first-order valence-corrected chi connectivity index (χ1v) is 10.5. The van der Waals surface area contributed by atoms with Crippen molar-refractivity contribution in [1.29, 1.82) is 0 Å². The SMILES string of the molecule is CC(C)Cn1c(=O)[nH]c(=O)c2c(C(=O)NCCc3nccn3C(F)F)cc(C3CC3)nc21. The predicted octanol–water partition coefficient (Wildman–Crippen LogP) is 2.18. The molecule has 9 nitrogen and oxygen atoms in total. The van der Waals surface area contributed by atoms with Crippen LogP contribution in [0.1, 0.15) is 61.0 Å². The predicted molar refractivity (Wildman–Crippen MR) is 113 cm³/mol. The number of aromatic nitrogens is 5. The number of hydrogen-bond donors (Lipinski definition) is 2. The van der Waals surface area contributed by atoms with E-state index < -0.39 is 23.7 Å². The lowest BCUT2D eigenvalue weighted by molar-refractivity contribution is 0.0670. The van der Waals surface area contributed by atoms with E-state index in [4.69, 9.17) is 0 Å². The lowest BCUT2D eigenvalue weighted by atomic mass is 10.1. The van der Waals surface area contributed by atoms with E-state index in [2.05, 4.69) is 20.3 Å². The fourth-order valence-electron chi connectivity index (χ4n) is 3.69. The molecule has 1 aliphatic carbocycles. The van der Waals surface area contributed by atoms with Crippen molar-refractivity contribution in [2.24, 2.45) is 5.92 Å². The summed E-state index contributed by atoms with van der Waals surface area (Å²) in [5.41, 5.74) is -0.276. The Kier molecular flexibility index (Phi) is 5.90. The molecule has 3 aromatic heterocycles. The summed E-state index contributed by atoms with van der Waals surface area (Å²) in [5, 5.41) is 2.72. The minimum Gasteiger partial charge on any atom is -0.352 e. The second-order valence-electron chi connectivity index (χ2n) is 8.37. The summed E-state index contributed by atoms with van der Waals surface area (Å²) in [7, 11) is 0. The molecule has 11 heteroatoms. The van der Waals surface area contributed by atoms with Crippen molar-refractivity contribution in [2.75, 3.05) is 6.54 Å². The van der Waals surface area contributed by atoms with Crippen LogP contribution in [0.25, 0.3) is 11.0 Å². The highest BCUT2D eigenvalue weighted by Crippen LogP contribution is 2.39. The number of hydrogen-bond acceptors (Lipinski definition) is 5. The first-order valence-electron chi connectivity index (χ1n) is 10.5. The molecule has 0 unspecified atom stereocenters. The summed E-state index contributed by atoms with van der Waals surface area (Å²) in [4.78, 5) is 48.9. The van der Waals surface area contributed by atoms with Gasteiger partial charge in [-0.2, -0.15) is 8.78 Å². The molecule has 32 heavy (non-hydrogen) atoms. The maximum atomic E-state index is 13.0. The number of imidazole rings is 1. The number of aromatic amines is 1. The number of rotatable bonds is 8. The van der Waals surface area contributed by atoms with Crippen LogP contribution in [0.2, 0.25) is 0 Å². The van der Waals surface area contributed by atoms with Gasteiger partial charge in [-0.3, -0.25) is 23.7 Å². The number of halogens is 2. The lowest BCUT2D eigenvalue weighted by Crippen LogP contribution is -2.34. The number of carbonyl (C=O) groups excluding carboxylic acids is 1. The van der Waals surface area contributed by atoms with E-state index in [1.807, 2.05) is 13.8 Å². The third-order valence-corrected chi connectivity index (χ3v) is 5.35. The minimum atomic E-state index is -2.72. The van der Waals surface area contributed by atoms with Gasteiger partial charge in [0.25, 0.3) is 11.5 Å². The molecule has 170 valence electrons. The van der Waals surface area contributed by atoms with Crippen molar-refractivity contribution >= 4 is 16.9 Å². The average Bonchev–Trinajstić information content (AvgIpc) is 3.48. The van der Waals surface area contributed by atoms with Crippen molar-refractivity contribution in [1.82, 2.24) is 29.4 Å². The van der Waals surface area contributed by atoms with Gasteiger partial charge in [0.1, 0.15) is 5.82 Å². The molecule has 0 atom stereocenters. The fourth-order valence-corrected chi connectivity index (χ4v) is 3.69. The Balaban J connectivity index is 1.69. The van der Waals surface area contributed by atoms with Gasteiger partial charge in [0.2, 0.25) is 0 Å². The summed E-state index contributed by atoms with van der Waals surface area (Å²) in [6, 6.07) is 1.59. The van der Waals surface area contributed by atoms with Gasteiger partial charge >= 0.3 is 12.2 Å². The Hall–Kier alpha value is -3.37. The van der Waals surface area contributed by atoms with E-state index in [1.165, 1.54) is 17.0 Å². The largest absolute Gasteiger partial charge is 0.352 e. The zero-order chi connectivity index (χ0) is 23.0. The summed E-state index contributed by atoms with van der Waals surface area (Å²) in [6.45, 7) is 1.54. The van der Waals surface area contributed by atoms with E-state index >= 15 is 0 Å². The molecule has 1 fully saturated rings. The second-order valence-corrected chi connectivity index (χ2v) is 8.37. The molecule has 1 saturated carbocycles. The van der Waals surface area contributed by atoms with Crippen molar-refractivity contribution in [3.05, 3.63) is 56.4 Å². The van der Waals surface area contributed by atoms with Crippen LogP contribution in [0.5, 0.6) is 0 Å². The average molecular weight is 446 g/mol. The van der Waals surface area contributed by atoms with Crippen LogP contribution in [0, 0.1) is 5.92 Å². The summed E-state index contributed by atoms with van der Waals surface area (Å²) in [6.07, 6.45) is 4.39. The topological polar surface area (TPSA) is 115 Å². The molecule has 0 bridgehead atoms. The molecule has 0 aromatic carbocycles. The third-order valence-electron chi connectivity index (χ3n) is 5.35. The normalized spacial score (nSPS) is 13.9. The van der Waals surface area contributed by atoms with Crippen molar-refractivity contribution in [3.8, 4) is 0 Å². The quantitative estimate of drug-likeness (QED) is 0.551. The van der Waals surface area contributed by atoms with Crippen LogP contribution >= 0.6 is 0 Å².